The van der Waals surface area contributed by atoms with E-state index in [4.69, 9.17) is 9.47 Å². The minimum absolute atomic E-state index is 0.170. The summed E-state index contributed by atoms with van der Waals surface area (Å²) in [6, 6.07) is 9.81. The molecule has 0 aromatic heterocycles. The van der Waals surface area contributed by atoms with Gasteiger partial charge in [-0.2, -0.15) is 0 Å². The highest BCUT2D eigenvalue weighted by atomic mass is 19.1. The summed E-state index contributed by atoms with van der Waals surface area (Å²) in [6.07, 6.45) is 2.87. The van der Waals surface area contributed by atoms with Gasteiger partial charge in [-0.15, -0.1) is 0 Å². The van der Waals surface area contributed by atoms with Gasteiger partial charge in [0.2, 0.25) is 6.79 Å². The Labute approximate surface area is 127 Å². The molecule has 0 aliphatic carbocycles. The topological polar surface area (TPSA) is 47.6 Å². The minimum atomic E-state index is -0.291. The third-order valence-electron chi connectivity index (χ3n) is 3.31. The fraction of sp³-hybridized carbons (Fsp3) is 0.118. The molecule has 2 aromatic carbocycles. The number of anilines is 1. The highest BCUT2D eigenvalue weighted by molar-refractivity contribution is 6.05. The fourth-order valence-corrected chi connectivity index (χ4v) is 2.04. The fourth-order valence-electron chi connectivity index (χ4n) is 2.04. The second-order valence-corrected chi connectivity index (χ2v) is 4.87. The van der Waals surface area contributed by atoms with Crippen molar-refractivity contribution >= 4 is 11.5 Å². The number of aryl methyl sites for hydroxylation is 1. The van der Waals surface area contributed by atoms with Crippen molar-refractivity contribution in [3.8, 4) is 11.5 Å². The Hall–Kier alpha value is -2.82. The van der Waals surface area contributed by atoms with Crippen LogP contribution in [0.2, 0.25) is 0 Å². The summed E-state index contributed by atoms with van der Waals surface area (Å²) in [5.41, 5.74) is 1.65. The number of ketones is 1. The maximum Gasteiger partial charge on any atom is 0.231 e. The van der Waals surface area contributed by atoms with Crippen molar-refractivity contribution in [1.29, 1.82) is 0 Å². The maximum atomic E-state index is 13.4. The van der Waals surface area contributed by atoms with Gasteiger partial charge in [-0.05, 0) is 42.8 Å². The zero-order valence-corrected chi connectivity index (χ0v) is 11.9. The number of fused-ring (bicyclic) bond motifs is 1. The number of ether oxygens (including phenoxy) is 2. The second kappa shape index (κ2) is 5.89. The SMILES string of the molecule is Cc1ccc(N/C=C/C(=O)c2ccc3c(c2)OCO3)cc1F. The lowest BCUT2D eigenvalue weighted by atomic mass is 10.1. The van der Waals surface area contributed by atoms with Gasteiger partial charge in [-0.3, -0.25) is 4.79 Å². The average molecular weight is 299 g/mol. The van der Waals surface area contributed by atoms with Crippen molar-refractivity contribution in [3.63, 3.8) is 0 Å². The Morgan fingerprint density at radius 3 is 2.82 bits per heavy atom. The maximum absolute atomic E-state index is 13.4. The number of nitrogens with one attached hydrogen (secondary N) is 1. The van der Waals surface area contributed by atoms with E-state index in [1.807, 2.05) is 0 Å². The number of allylic oxidation sites excluding steroid dienone is 1. The van der Waals surface area contributed by atoms with E-state index in [1.165, 1.54) is 18.3 Å². The molecule has 1 aliphatic rings. The molecule has 1 heterocycles. The summed E-state index contributed by atoms with van der Waals surface area (Å²) in [4.78, 5) is 12.1. The summed E-state index contributed by atoms with van der Waals surface area (Å²) in [6.45, 7) is 1.86. The number of carbonyl (C=O) groups excluding carboxylic acids is 1. The van der Waals surface area contributed by atoms with E-state index in [0.29, 0.717) is 28.3 Å². The van der Waals surface area contributed by atoms with Crippen LogP contribution in [0.5, 0.6) is 11.5 Å². The molecule has 0 bridgehead atoms. The largest absolute Gasteiger partial charge is 0.454 e. The van der Waals surface area contributed by atoms with E-state index in [9.17, 15) is 9.18 Å². The predicted molar refractivity (Wildman–Crippen MR) is 80.8 cm³/mol. The molecule has 2 aromatic rings. The van der Waals surface area contributed by atoms with Gasteiger partial charge in [-0.25, -0.2) is 4.39 Å². The minimum Gasteiger partial charge on any atom is -0.454 e. The molecular weight excluding hydrogens is 285 g/mol. The normalized spacial score (nSPS) is 12.6. The Bertz CT molecular complexity index is 756. The molecule has 1 aliphatic heterocycles. The molecular formula is C17H14FNO3. The summed E-state index contributed by atoms with van der Waals surface area (Å²) >= 11 is 0. The number of hydrogen-bond donors (Lipinski definition) is 1. The van der Waals surface area contributed by atoms with Crippen molar-refractivity contribution in [1.82, 2.24) is 0 Å². The first-order chi connectivity index (χ1) is 10.6. The molecule has 0 saturated heterocycles. The summed E-state index contributed by atoms with van der Waals surface area (Å²) in [7, 11) is 0. The van der Waals surface area contributed by atoms with Crippen molar-refractivity contribution in [3.05, 3.63) is 65.6 Å². The van der Waals surface area contributed by atoms with Crippen LogP contribution < -0.4 is 14.8 Å². The zero-order valence-electron chi connectivity index (χ0n) is 11.9. The van der Waals surface area contributed by atoms with Crippen molar-refractivity contribution < 1.29 is 18.7 Å². The van der Waals surface area contributed by atoms with Gasteiger partial charge in [0, 0.05) is 23.5 Å². The van der Waals surface area contributed by atoms with E-state index in [2.05, 4.69) is 5.32 Å². The third-order valence-corrected chi connectivity index (χ3v) is 3.31. The van der Waals surface area contributed by atoms with Crippen LogP contribution >= 0.6 is 0 Å². The van der Waals surface area contributed by atoms with Gasteiger partial charge in [-0.1, -0.05) is 6.07 Å². The molecule has 4 nitrogen and oxygen atoms in total. The number of benzene rings is 2. The molecule has 0 atom stereocenters. The van der Waals surface area contributed by atoms with Crippen LogP contribution in [0.25, 0.3) is 0 Å². The summed E-state index contributed by atoms with van der Waals surface area (Å²) in [5, 5.41) is 2.87. The van der Waals surface area contributed by atoms with E-state index < -0.39 is 0 Å². The van der Waals surface area contributed by atoms with Crippen LogP contribution in [0, 0.1) is 12.7 Å². The molecule has 0 saturated carbocycles. The number of halogens is 1. The van der Waals surface area contributed by atoms with E-state index in [1.54, 1.807) is 37.3 Å². The quantitative estimate of drug-likeness (QED) is 0.691. The molecule has 22 heavy (non-hydrogen) atoms. The molecule has 0 amide bonds. The third kappa shape index (κ3) is 2.93. The van der Waals surface area contributed by atoms with Gasteiger partial charge in [0.05, 0.1) is 0 Å². The second-order valence-electron chi connectivity index (χ2n) is 4.87. The van der Waals surface area contributed by atoms with E-state index in [0.717, 1.165) is 0 Å². The van der Waals surface area contributed by atoms with Crippen LogP contribution in [0.15, 0.2) is 48.7 Å². The Kier molecular flexibility index (Phi) is 3.78. The van der Waals surface area contributed by atoms with Crippen molar-refractivity contribution in [2.45, 2.75) is 6.92 Å². The van der Waals surface area contributed by atoms with Crippen LogP contribution in [-0.2, 0) is 0 Å². The van der Waals surface area contributed by atoms with E-state index >= 15 is 0 Å². The molecule has 0 fully saturated rings. The first-order valence-electron chi connectivity index (χ1n) is 6.77. The molecule has 112 valence electrons. The van der Waals surface area contributed by atoms with Gasteiger partial charge >= 0.3 is 0 Å². The van der Waals surface area contributed by atoms with Crippen LogP contribution in [-0.4, -0.2) is 12.6 Å². The first-order valence-corrected chi connectivity index (χ1v) is 6.77. The van der Waals surface area contributed by atoms with Gasteiger partial charge in [0.1, 0.15) is 5.82 Å². The smallest absolute Gasteiger partial charge is 0.231 e. The highest BCUT2D eigenvalue weighted by Gasteiger charge is 2.14. The standard InChI is InChI=1S/C17H14FNO3/c1-11-2-4-13(9-14(11)18)19-7-6-15(20)12-3-5-16-17(8-12)22-10-21-16/h2-9,19H,10H2,1H3/b7-6+. The summed E-state index contributed by atoms with van der Waals surface area (Å²) in [5.74, 6) is 0.723. The zero-order chi connectivity index (χ0) is 15.5. The Balaban J connectivity index is 1.67. The average Bonchev–Trinajstić information content (AvgIpc) is 2.98. The monoisotopic (exact) mass is 299 g/mol. The van der Waals surface area contributed by atoms with Crippen LogP contribution in [0.4, 0.5) is 10.1 Å². The lowest BCUT2D eigenvalue weighted by Gasteiger charge is -2.03. The highest BCUT2D eigenvalue weighted by Crippen LogP contribution is 2.32. The van der Waals surface area contributed by atoms with Gasteiger partial charge in [0.25, 0.3) is 0 Å². The predicted octanol–water partition coefficient (Wildman–Crippen LogP) is 3.67. The molecule has 1 N–H and O–H groups in total. The molecule has 0 radical (unpaired) electrons. The number of carbonyl (C=O) groups is 1. The molecule has 5 heteroatoms. The number of hydrogen-bond acceptors (Lipinski definition) is 4. The first kappa shape index (κ1) is 14.1. The Morgan fingerprint density at radius 2 is 2.00 bits per heavy atom. The lowest BCUT2D eigenvalue weighted by Crippen LogP contribution is -1.97. The number of rotatable bonds is 4. The van der Waals surface area contributed by atoms with Crippen LogP contribution in [0.3, 0.4) is 0 Å². The van der Waals surface area contributed by atoms with Crippen LogP contribution in [0.1, 0.15) is 15.9 Å². The van der Waals surface area contributed by atoms with Gasteiger partial charge in [0.15, 0.2) is 17.3 Å². The molecule has 0 spiro atoms. The molecule has 3 rings (SSSR count). The van der Waals surface area contributed by atoms with E-state index in [-0.39, 0.29) is 18.4 Å². The lowest BCUT2D eigenvalue weighted by molar-refractivity contribution is 0.104. The summed E-state index contributed by atoms with van der Waals surface area (Å²) < 4.78 is 23.8. The van der Waals surface area contributed by atoms with Gasteiger partial charge < -0.3 is 14.8 Å². The molecule has 0 unspecified atom stereocenters. The van der Waals surface area contributed by atoms with Crippen molar-refractivity contribution in [2.24, 2.45) is 0 Å². The van der Waals surface area contributed by atoms with Crippen molar-refractivity contribution in [2.75, 3.05) is 12.1 Å². The Morgan fingerprint density at radius 1 is 1.18 bits per heavy atom.